The minimum absolute atomic E-state index is 0.0168. The van der Waals surface area contributed by atoms with Crippen molar-refractivity contribution < 1.29 is 14.3 Å². The monoisotopic (exact) mass is 353 g/mol. The number of nitrogens with zero attached hydrogens (tertiary/aromatic N) is 1. The van der Waals surface area contributed by atoms with Crippen LogP contribution in [-0.2, 0) is 0 Å². The summed E-state index contributed by atoms with van der Waals surface area (Å²) in [5.41, 5.74) is 1.06. The first-order chi connectivity index (χ1) is 12.6. The molecule has 0 saturated carbocycles. The lowest BCUT2D eigenvalue weighted by Crippen LogP contribution is -2.29. The first-order valence-electron chi connectivity index (χ1n) is 7.93. The first-order valence-corrected chi connectivity index (χ1v) is 7.93. The Balaban J connectivity index is 1.81. The third kappa shape index (κ3) is 3.94. The van der Waals surface area contributed by atoms with Crippen molar-refractivity contribution in [3.05, 3.63) is 82.3 Å². The van der Waals surface area contributed by atoms with Gasteiger partial charge in [-0.25, -0.2) is 4.98 Å². The molecule has 0 aliphatic heterocycles. The van der Waals surface area contributed by atoms with Gasteiger partial charge in [0.15, 0.2) is 5.75 Å². The highest BCUT2D eigenvalue weighted by Gasteiger charge is 2.15. The van der Waals surface area contributed by atoms with E-state index in [-0.39, 0.29) is 17.5 Å². The highest BCUT2D eigenvalue weighted by Crippen LogP contribution is 2.18. The van der Waals surface area contributed by atoms with E-state index in [1.54, 1.807) is 31.2 Å². The summed E-state index contributed by atoms with van der Waals surface area (Å²) in [6.45, 7) is 1.77. The summed E-state index contributed by atoms with van der Waals surface area (Å²) in [5, 5.41) is 2.77. The summed E-state index contributed by atoms with van der Waals surface area (Å²) >= 11 is 0. The molecule has 2 N–H and O–H groups in total. The Labute approximate surface area is 148 Å². The van der Waals surface area contributed by atoms with Gasteiger partial charge >= 0.3 is 0 Å². The molecule has 1 atom stereocenters. The normalized spacial score (nSPS) is 11.6. The summed E-state index contributed by atoms with van der Waals surface area (Å²) in [6, 6.07) is 16.0. The molecule has 0 aliphatic rings. The highest BCUT2D eigenvalue weighted by atomic mass is 19.3. The fourth-order valence-corrected chi connectivity index (χ4v) is 2.47. The second-order valence-corrected chi connectivity index (χ2v) is 5.69. The Hall–Kier alpha value is -3.48. The Morgan fingerprint density at radius 2 is 1.85 bits per heavy atom. The molecular formula is C19H16FN3O3. The summed E-state index contributed by atoms with van der Waals surface area (Å²) in [4.78, 5) is 34.9. The van der Waals surface area contributed by atoms with Gasteiger partial charge in [0.1, 0.15) is 11.5 Å². The molecule has 0 aliphatic carbocycles. The van der Waals surface area contributed by atoms with Gasteiger partial charge in [0.2, 0.25) is 0 Å². The van der Waals surface area contributed by atoms with Crippen LogP contribution < -0.4 is 15.8 Å². The van der Waals surface area contributed by atoms with E-state index in [0.717, 1.165) is 11.6 Å². The van der Waals surface area contributed by atoms with E-state index in [0.29, 0.717) is 11.4 Å². The molecule has 26 heavy (non-hydrogen) atoms. The van der Waals surface area contributed by atoms with Gasteiger partial charge in [-0.15, -0.1) is 0 Å². The molecule has 1 heterocycles. The van der Waals surface area contributed by atoms with Crippen molar-refractivity contribution in [2.45, 2.75) is 13.0 Å². The molecule has 0 bridgehead atoms. The minimum atomic E-state index is -0.480. The van der Waals surface area contributed by atoms with Gasteiger partial charge in [-0.1, -0.05) is 42.5 Å². The molecule has 3 aromatic rings. The van der Waals surface area contributed by atoms with Gasteiger partial charge in [0.25, 0.3) is 11.5 Å². The van der Waals surface area contributed by atoms with Crippen LogP contribution in [0.15, 0.2) is 65.5 Å². The number of H-pyrrole nitrogens is 1. The van der Waals surface area contributed by atoms with Crippen molar-refractivity contribution in [3.8, 4) is 17.1 Å². The molecule has 0 unspecified atom stereocenters. The van der Waals surface area contributed by atoms with E-state index in [1.165, 1.54) is 12.1 Å². The predicted molar refractivity (Wildman–Crippen MR) is 94.4 cm³/mol. The van der Waals surface area contributed by atoms with Crippen LogP contribution in [0.3, 0.4) is 0 Å². The van der Waals surface area contributed by atoms with E-state index >= 15 is 0 Å². The van der Waals surface area contributed by atoms with Crippen molar-refractivity contribution in [1.82, 2.24) is 15.3 Å². The Morgan fingerprint density at radius 3 is 2.50 bits per heavy atom. The fourth-order valence-electron chi connectivity index (χ4n) is 2.47. The van der Waals surface area contributed by atoms with Gasteiger partial charge in [0.05, 0.1) is 6.04 Å². The number of hydrogen-bond acceptors (Lipinski definition) is 4. The highest BCUT2D eigenvalue weighted by molar-refractivity contribution is 5.92. The molecule has 1 aromatic heterocycles. The van der Waals surface area contributed by atoms with Gasteiger partial charge in [-0.05, 0) is 24.6 Å². The second kappa shape index (κ2) is 7.60. The average Bonchev–Trinajstić information content (AvgIpc) is 2.68. The van der Waals surface area contributed by atoms with Crippen LogP contribution in [-0.4, -0.2) is 15.9 Å². The molecule has 132 valence electrons. The first kappa shape index (κ1) is 17.3. The molecule has 3 rings (SSSR count). The maximum atomic E-state index is 12.5. The Bertz CT molecular complexity index is 956. The lowest BCUT2D eigenvalue weighted by molar-refractivity contribution is -0.00623. The number of carbonyl (C=O) groups is 1. The topological polar surface area (TPSA) is 84.1 Å². The van der Waals surface area contributed by atoms with Gasteiger partial charge in [-0.3, -0.25) is 14.5 Å². The second-order valence-electron chi connectivity index (χ2n) is 5.69. The summed E-state index contributed by atoms with van der Waals surface area (Å²) in [6.07, 6.45) is 0. The molecule has 0 spiro atoms. The Morgan fingerprint density at radius 1 is 1.15 bits per heavy atom. The van der Waals surface area contributed by atoms with Crippen LogP contribution in [0.5, 0.6) is 5.75 Å². The molecule has 0 fully saturated rings. The molecule has 0 saturated heterocycles. The fraction of sp³-hybridized carbons (Fsp3) is 0.105. The van der Waals surface area contributed by atoms with Crippen molar-refractivity contribution in [3.63, 3.8) is 0 Å². The lowest BCUT2D eigenvalue weighted by Gasteiger charge is -2.14. The van der Waals surface area contributed by atoms with Crippen LogP contribution in [0.25, 0.3) is 11.4 Å². The number of rotatable bonds is 5. The molecule has 2 aromatic carbocycles. The van der Waals surface area contributed by atoms with Crippen LogP contribution in [0.4, 0.5) is 4.53 Å². The third-order valence-corrected chi connectivity index (χ3v) is 3.84. The van der Waals surface area contributed by atoms with Crippen LogP contribution in [0.2, 0.25) is 0 Å². The summed E-state index contributed by atoms with van der Waals surface area (Å²) in [5.74, 6) is -0.0806. The van der Waals surface area contributed by atoms with Crippen LogP contribution in [0, 0.1) is 0 Å². The zero-order chi connectivity index (χ0) is 18.5. The minimum Gasteiger partial charge on any atom is -0.344 e. The smallest absolute Gasteiger partial charge is 0.270 e. The number of aromatic amines is 1. The van der Waals surface area contributed by atoms with E-state index in [9.17, 15) is 14.1 Å². The maximum absolute atomic E-state index is 12.5. The molecule has 6 nitrogen and oxygen atoms in total. The Kier molecular flexibility index (Phi) is 5.07. The van der Waals surface area contributed by atoms with Gasteiger partial charge in [-0.2, -0.15) is 0 Å². The molecule has 1 amide bonds. The van der Waals surface area contributed by atoms with E-state index in [4.69, 9.17) is 0 Å². The maximum Gasteiger partial charge on any atom is 0.270 e. The summed E-state index contributed by atoms with van der Waals surface area (Å²) in [7, 11) is 0. The van der Waals surface area contributed by atoms with Crippen molar-refractivity contribution in [2.24, 2.45) is 0 Å². The number of benzene rings is 2. The number of hydrogen-bond donors (Lipinski definition) is 2. The van der Waals surface area contributed by atoms with E-state index in [2.05, 4.69) is 20.2 Å². The van der Waals surface area contributed by atoms with Crippen LogP contribution in [0.1, 0.15) is 29.0 Å². The standard InChI is InChI=1S/C19H16FN3O3/c1-12(13-7-9-15(26-20)10-8-13)21-19(25)16-11-17(24)23-18(22-16)14-5-3-2-4-6-14/h2-12H,1H3,(H,21,25)(H,22,23,24)/t12-/m1/s1. The van der Waals surface area contributed by atoms with Crippen molar-refractivity contribution in [1.29, 1.82) is 0 Å². The third-order valence-electron chi connectivity index (χ3n) is 3.84. The number of halogens is 1. The van der Waals surface area contributed by atoms with Crippen molar-refractivity contribution in [2.75, 3.05) is 0 Å². The SMILES string of the molecule is C[C@@H](NC(=O)c1cc(=O)[nH]c(-c2ccccc2)n1)c1ccc(OF)cc1. The molecule has 7 heteroatoms. The lowest BCUT2D eigenvalue weighted by atomic mass is 10.1. The largest absolute Gasteiger partial charge is 0.344 e. The van der Waals surface area contributed by atoms with E-state index in [1.807, 2.05) is 18.2 Å². The number of carbonyl (C=O) groups excluding carboxylic acids is 1. The molecular weight excluding hydrogens is 337 g/mol. The quantitative estimate of drug-likeness (QED) is 0.738. The predicted octanol–water partition coefficient (Wildman–Crippen LogP) is 3.19. The van der Waals surface area contributed by atoms with Gasteiger partial charge in [0, 0.05) is 16.2 Å². The van der Waals surface area contributed by atoms with Gasteiger partial charge < -0.3 is 10.3 Å². The number of aromatic nitrogens is 2. The van der Waals surface area contributed by atoms with Crippen molar-refractivity contribution >= 4 is 5.91 Å². The van der Waals surface area contributed by atoms with E-state index < -0.39 is 11.5 Å². The average molecular weight is 353 g/mol. The number of amides is 1. The number of nitrogens with one attached hydrogen (secondary N) is 2. The summed E-state index contributed by atoms with van der Waals surface area (Å²) < 4.78 is 12.1. The zero-order valence-electron chi connectivity index (χ0n) is 13.9. The zero-order valence-corrected chi connectivity index (χ0v) is 13.9. The van der Waals surface area contributed by atoms with Crippen LogP contribution >= 0.6 is 0 Å². The molecule has 0 radical (unpaired) electrons.